The van der Waals surface area contributed by atoms with E-state index in [2.05, 4.69) is 10.4 Å². The molecule has 1 aromatic carbocycles. The summed E-state index contributed by atoms with van der Waals surface area (Å²) in [6.45, 7) is 1.55. The van der Waals surface area contributed by atoms with E-state index in [4.69, 9.17) is 16.3 Å². The Bertz CT molecular complexity index is 756. The van der Waals surface area contributed by atoms with Gasteiger partial charge in [0.05, 0.1) is 30.1 Å². The first-order valence-electron chi connectivity index (χ1n) is 8.00. The Kier molecular flexibility index (Phi) is 3.73. The molecule has 0 bridgehead atoms. The number of ether oxygens (including phenoxy) is 1. The van der Waals surface area contributed by atoms with Crippen molar-refractivity contribution in [1.29, 1.82) is 0 Å². The number of carbonyl (C=O) groups is 1. The van der Waals surface area contributed by atoms with Crippen molar-refractivity contribution in [2.45, 2.75) is 38.3 Å². The topological polar surface area (TPSA) is 56.1 Å². The van der Waals surface area contributed by atoms with Crippen molar-refractivity contribution in [1.82, 2.24) is 15.1 Å². The first kappa shape index (κ1) is 14.6. The van der Waals surface area contributed by atoms with Crippen molar-refractivity contribution in [3.63, 3.8) is 0 Å². The Morgan fingerprint density at radius 1 is 1.39 bits per heavy atom. The fourth-order valence-electron chi connectivity index (χ4n) is 3.39. The number of nitrogens with zero attached hydrogens (tertiary/aromatic N) is 2. The molecule has 2 aromatic rings. The fourth-order valence-corrected chi connectivity index (χ4v) is 3.55. The molecule has 6 heteroatoms. The highest BCUT2D eigenvalue weighted by atomic mass is 35.5. The van der Waals surface area contributed by atoms with E-state index in [0.29, 0.717) is 17.2 Å². The zero-order valence-electron chi connectivity index (χ0n) is 12.7. The second kappa shape index (κ2) is 5.89. The first-order valence-corrected chi connectivity index (χ1v) is 8.38. The summed E-state index contributed by atoms with van der Waals surface area (Å²) in [5.41, 5.74) is 2.73. The Hall–Kier alpha value is -2.01. The molecule has 1 aromatic heterocycles. The second-order valence-corrected chi connectivity index (χ2v) is 6.47. The molecular formula is C17H18ClN3O2. The van der Waals surface area contributed by atoms with Gasteiger partial charge in [-0.25, -0.2) is 0 Å². The van der Waals surface area contributed by atoms with Crippen LogP contribution < -0.4 is 10.1 Å². The Morgan fingerprint density at radius 2 is 2.30 bits per heavy atom. The highest BCUT2D eigenvalue weighted by Crippen LogP contribution is 2.34. The number of aromatic nitrogens is 2. The molecule has 1 N–H and O–H groups in total. The van der Waals surface area contributed by atoms with Gasteiger partial charge in [0.2, 0.25) is 0 Å². The summed E-state index contributed by atoms with van der Waals surface area (Å²) in [4.78, 5) is 12.7. The molecule has 0 saturated heterocycles. The van der Waals surface area contributed by atoms with E-state index in [-0.39, 0.29) is 11.9 Å². The van der Waals surface area contributed by atoms with Crippen LogP contribution in [-0.2, 0) is 13.0 Å². The predicted molar refractivity (Wildman–Crippen MR) is 86.9 cm³/mol. The number of benzene rings is 1. The zero-order chi connectivity index (χ0) is 15.8. The minimum absolute atomic E-state index is 0.0547. The molecule has 1 unspecified atom stereocenters. The summed E-state index contributed by atoms with van der Waals surface area (Å²) in [5, 5.41) is 8.09. The van der Waals surface area contributed by atoms with Gasteiger partial charge in [-0.3, -0.25) is 9.48 Å². The summed E-state index contributed by atoms with van der Waals surface area (Å²) in [5.74, 6) is 0.710. The average molecular weight is 332 g/mol. The number of amides is 1. The van der Waals surface area contributed by atoms with Crippen LogP contribution in [-0.4, -0.2) is 22.3 Å². The van der Waals surface area contributed by atoms with Crippen molar-refractivity contribution in [3.05, 3.63) is 46.2 Å². The third-order valence-electron chi connectivity index (χ3n) is 4.53. The minimum atomic E-state index is -0.0609. The summed E-state index contributed by atoms with van der Waals surface area (Å²) in [6, 6.07) is 5.54. The normalized spacial score (nSPS) is 19.4. The summed E-state index contributed by atoms with van der Waals surface area (Å²) < 4.78 is 7.68. The maximum atomic E-state index is 12.7. The number of aryl methyl sites for hydroxylation is 1. The lowest BCUT2D eigenvalue weighted by molar-refractivity contribution is 0.0934. The lowest BCUT2D eigenvalue weighted by atomic mass is 10.0. The van der Waals surface area contributed by atoms with Crippen LogP contribution in [0.5, 0.6) is 5.75 Å². The van der Waals surface area contributed by atoms with Gasteiger partial charge in [0.1, 0.15) is 5.75 Å². The molecule has 2 aliphatic heterocycles. The van der Waals surface area contributed by atoms with Crippen LogP contribution in [0, 0.1) is 0 Å². The van der Waals surface area contributed by atoms with Gasteiger partial charge in [-0.05, 0) is 37.8 Å². The highest BCUT2D eigenvalue weighted by molar-refractivity contribution is 6.30. The van der Waals surface area contributed by atoms with E-state index >= 15 is 0 Å². The molecule has 0 radical (unpaired) electrons. The fraction of sp³-hybridized carbons (Fsp3) is 0.412. The average Bonchev–Trinajstić information content (AvgIpc) is 3.08. The van der Waals surface area contributed by atoms with Crippen LogP contribution in [0.4, 0.5) is 0 Å². The molecule has 0 aliphatic carbocycles. The van der Waals surface area contributed by atoms with Gasteiger partial charge in [-0.15, -0.1) is 0 Å². The number of halogens is 1. The SMILES string of the molecule is O=C(NC1CCCOc2cc(Cl)ccc21)c1cnn2c1CCC2. The largest absolute Gasteiger partial charge is 0.493 e. The number of fused-ring (bicyclic) bond motifs is 2. The zero-order valence-corrected chi connectivity index (χ0v) is 13.5. The van der Waals surface area contributed by atoms with Crippen molar-refractivity contribution in [2.24, 2.45) is 0 Å². The van der Waals surface area contributed by atoms with Gasteiger partial charge < -0.3 is 10.1 Å². The molecule has 0 saturated carbocycles. The molecule has 0 spiro atoms. The number of hydrogen-bond acceptors (Lipinski definition) is 3. The Balaban J connectivity index is 1.60. The summed E-state index contributed by atoms with van der Waals surface area (Å²) in [6.07, 6.45) is 5.40. The van der Waals surface area contributed by atoms with Crippen LogP contribution in [0.2, 0.25) is 5.02 Å². The highest BCUT2D eigenvalue weighted by Gasteiger charge is 2.26. The number of nitrogens with one attached hydrogen (secondary N) is 1. The quantitative estimate of drug-likeness (QED) is 0.919. The standard InChI is InChI=1S/C17H18ClN3O2/c18-11-5-6-12-14(3-2-8-23-16(12)9-11)20-17(22)13-10-19-21-7-1-4-15(13)21/h5-6,9-10,14H,1-4,7-8H2,(H,20,22). The molecular weight excluding hydrogens is 314 g/mol. The second-order valence-electron chi connectivity index (χ2n) is 6.03. The molecule has 23 heavy (non-hydrogen) atoms. The monoisotopic (exact) mass is 331 g/mol. The molecule has 1 amide bonds. The summed E-state index contributed by atoms with van der Waals surface area (Å²) >= 11 is 6.05. The smallest absolute Gasteiger partial charge is 0.255 e. The number of carbonyl (C=O) groups excluding carboxylic acids is 1. The van der Waals surface area contributed by atoms with Crippen LogP contribution >= 0.6 is 11.6 Å². The predicted octanol–water partition coefficient (Wildman–Crippen LogP) is 3.13. The maximum Gasteiger partial charge on any atom is 0.255 e. The lowest BCUT2D eigenvalue weighted by Gasteiger charge is -2.18. The lowest BCUT2D eigenvalue weighted by Crippen LogP contribution is -2.28. The molecule has 0 fully saturated rings. The molecule has 2 aliphatic rings. The van der Waals surface area contributed by atoms with Crippen molar-refractivity contribution in [3.8, 4) is 5.75 Å². The van der Waals surface area contributed by atoms with E-state index in [1.807, 2.05) is 22.9 Å². The van der Waals surface area contributed by atoms with Crippen LogP contribution in [0.15, 0.2) is 24.4 Å². The third kappa shape index (κ3) is 2.70. The van der Waals surface area contributed by atoms with Gasteiger partial charge in [0, 0.05) is 17.1 Å². The number of rotatable bonds is 2. The maximum absolute atomic E-state index is 12.7. The van der Waals surface area contributed by atoms with Crippen LogP contribution in [0.1, 0.15) is 46.9 Å². The van der Waals surface area contributed by atoms with Crippen molar-refractivity contribution in [2.75, 3.05) is 6.61 Å². The number of hydrogen-bond donors (Lipinski definition) is 1. The van der Waals surface area contributed by atoms with Crippen molar-refractivity contribution >= 4 is 17.5 Å². The van der Waals surface area contributed by atoms with Gasteiger partial charge >= 0.3 is 0 Å². The third-order valence-corrected chi connectivity index (χ3v) is 4.76. The van der Waals surface area contributed by atoms with Gasteiger partial charge in [-0.2, -0.15) is 5.10 Å². The van der Waals surface area contributed by atoms with E-state index in [1.54, 1.807) is 6.20 Å². The van der Waals surface area contributed by atoms with Crippen LogP contribution in [0.3, 0.4) is 0 Å². The van der Waals surface area contributed by atoms with Gasteiger partial charge in [0.25, 0.3) is 5.91 Å². The van der Waals surface area contributed by atoms with Crippen molar-refractivity contribution < 1.29 is 9.53 Å². The molecule has 120 valence electrons. The molecule has 3 heterocycles. The summed E-state index contributed by atoms with van der Waals surface area (Å²) in [7, 11) is 0. The first-order chi connectivity index (χ1) is 11.2. The van der Waals surface area contributed by atoms with E-state index in [0.717, 1.165) is 49.2 Å². The molecule has 1 atom stereocenters. The molecule has 4 rings (SSSR count). The van der Waals surface area contributed by atoms with E-state index in [1.165, 1.54) is 0 Å². The Morgan fingerprint density at radius 3 is 3.22 bits per heavy atom. The Labute approximate surface area is 139 Å². The van der Waals surface area contributed by atoms with Gasteiger partial charge in [-0.1, -0.05) is 17.7 Å². The molecule has 5 nitrogen and oxygen atoms in total. The van der Waals surface area contributed by atoms with Crippen LogP contribution in [0.25, 0.3) is 0 Å². The van der Waals surface area contributed by atoms with E-state index in [9.17, 15) is 4.79 Å². The van der Waals surface area contributed by atoms with E-state index < -0.39 is 0 Å². The van der Waals surface area contributed by atoms with Gasteiger partial charge in [0.15, 0.2) is 0 Å². The minimum Gasteiger partial charge on any atom is -0.493 e.